The van der Waals surface area contributed by atoms with Gasteiger partial charge in [-0.15, -0.1) is 13.2 Å². The Bertz CT molecular complexity index is 1660. The quantitative estimate of drug-likeness (QED) is 0.209. The second-order valence-corrected chi connectivity index (χ2v) is 12.2. The Labute approximate surface area is 237 Å². The Morgan fingerprint density at radius 2 is 1.48 bits per heavy atom. The number of para-hydroxylation sites is 2. The zero-order valence-corrected chi connectivity index (χ0v) is 24.4. The third kappa shape index (κ3) is 4.44. The molecule has 5 rings (SSSR count). The molecule has 0 radical (unpaired) electrons. The molecule has 0 spiro atoms. The Hall–Kier alpha value is -3.79. The summed E-state index contributed by atoms with van der Waals surface area (Å²) in [4.78, 5) is 29.6. The zero-order chi connectivity index (χ0) is 28.7. The van der Waals surface area contributed by atoms with Crippen LogP contribution in [0, 0.1) is 0 Å². The van der Waals surface area contributed by atoms with Crippen molar-refractivity contribution in [3.63, 3.8) is 0 Å². The van der Waals surface area contributed by atoms with E-state index in [1.807, 2.05) is 30.4 Å². The van der Waals surface area contributed by atoms with Crippen molar-refractivity contribution in [3.8, 4) is 0 Å². The van der Waals surface area contributed by atoms with Crippen LogP contribution in [0.15, 0.2) is 83.4 Å². The molecule has 0 amide bonds. The molecule has 0 N–H and O–H groups in total. The molecule has 40 heavy (non-hydrogen) atoms. The molecule has 0 aliphatic carbocycles. The molecule has 2 aliphatic rings. The zero-order valence-electron chi connectivity index (χ0n) is 24.4. The first-order chi connectivity index (χ1) is 19.1. The monoisotopic (exact) mass is 533 g/mol. The van der Waals surface area contributed by atoms with E-state index in [0.29, 0.717) is 10.4 Å². The second kappa shape index (κ2) is 10.6. The molecule has 0 saturated carbocycles. The summed E-state index contributed by atoms with van der Waals surface area (Å²) < 4.78 is 2.28. The fourth-order valence-corrected chi connectivity index (χ4v) is 6.68. The molecule has 0 bridgehead atoms. The summed E-state index contributed by atoms with van der Waals surface area (Å²) >= 11 is 0. The molecule has 2 heterocycles. The number of fused-ring (bicyclic) bond motifs is 2. The van der Waals surface area contributed by atoms with Crippen LogP contribution in [0.25, 0.3) is 12.2 Å². The van der Waals surface area contributed by atoms with E-state index in [1.54, 1.807) is 0 Å². The SMILES string of the molecule is C=CCCCN1c2ccccc2C(C)(C)C1C=c1c(=O)c(=CC2=[N+](CCCC=C)c3ccccc3C2(C)C)c1=O. The molecule has 3 aromatic rings. The Morgan fingerprint density at radius 1 is 0.850 bits per heavy atom. The lowest BCUT2D eigenvalue weighted by molar-refractivity contribution is -0.437. The lowest BCUT2D eigenvalue weighted by Gasteiger charge is -2.32. The van der Waals surface area contributed by atoms with Crippen LogP contribution in [-0.2, 0) is 10.8 Å². The predicted octanol–water partition coefficient (Wildman–Crippen LogP) is 5.02. The van der Waals surface area contributed by atoms with Crippen molar-refractivity contribution in [2.24, 2.45) is 0 Å². The number of allylic oxidation sites excluding steroid dienone is 2. The first-order valence-corrected chi connectivity index (χ1v) is 14.5. The minimum absolute atomic E-state index is 0.0746. The highest BCUT2D eigenvalue weighted by molar-refractivity contribution is 6.15. The Kier molecular flexibility index (Phi) is 7.39. The minimum atomic E-state index is -0.311. The van der Waals surface area contributed by atoms with E-state index in [-0.39, 0.29) is 27.7 Å². The van der Waals surface area contributed by atoms with Gasteiger partial charge in [-0.05, 0) is 50.8 Å². The first kappa shape index (κ1) is 27.8. The molecular weight excluding hydrogens is 492 g/mol. The van der Waals surface area contributed by atoms with E-state index in [0.717, 1.165) is 50.2 Å². The number of unbranched alkanes of at least 4 members (excludes halogenated alkanes) is 2. The molecule has 1 atom stereocenters. The lowest BCUT2D eigenvalue weighted by atomic mass is 9.79. The minimum Gasteiger partial charge on any atom is -0.364 e. The fourth-order valence-electron chi connectivity index (χ4n) is 6.68. The molecule has 0 saturated heterocycles. The standard InChI is InChI=1S/C36H41N2O2/c1-7-9-15-21-37-29-19-13-11-17-27(29)35(3,4)31(37)23-25-33(39)26(34(25)40)24-32-36(5,6)28-18-12-14-20-30(28)38(32)22-16-10-8-2/h7-8,11-14,17-20,23-24,31H,1-2,9-10,15-16,21-22H2,3-6H3/q+1. The van der Waals surface area contributed by atoms with Crippen molar-refractivity contribution in [3.05, 3.63) is 116 Å². The van der Waals surface area contributed by atoms with Gasteiger partial charge in [0.05, 0.1) is 21.9 Å². The van der Waals surface area contributed by atoms with Crippen LogP contribution in [0.1, 0.15) is 64.5 Å². The highest BCUT2D eigenvalue weighted by atomic mass is 16.1. The van der Waals surface area contributed by atoms with Crippen LogP contribution in [0.4, 0.5) is 11.4 Å². The highest BCUT2D eigenvalue weighted by Gasteiger charge is 2.45. The van der Waals surface area contributed by atoms with Gasteiger partial charge in [0.2, 0.25) is 16.5 Å². The van der Waals surface area contributed by atoms with Gasteiger partial charge in [0.25, 0.3) is 0 Å². The molecule has 4 nitrogen and oxygen atoms in total. The summed E-state index contributed by atoms with van der Waals surface area (Å²) in [5.74, 6) is 0. The van der Waals surface area contributed by atoms with E-state index in [9.17, 15) is 9.59 Å². The van der Waals surface area contributed by atoms with Gasteiger partial charge < -0.3 is 4.90 Å². The van der Waals surface area contributed by atoms with Crippen molar-refractivity contribution in [1.29, 1.82) is 0 Å². The van der Waals surface area contributed by atoms with Crippen molar-refractivity contribution in [2.75, 3.05) is 18.0 Å². The smallest absolute Gasteiger partial charge is 0.209 e. The lowest BCUT2D eigenvalue weighted by Crippen LogP contribution is -2.66. The Morgan fingerprint density at radius 3 is 2.17 bits per heavy atom. The van der Waals surface area contributed by atoms with Gasteiger partial charge in [0, 0.05) is 41.8 Å². The van der Waals surface area contributed by atoms with Crippen LogP contribution in [0.3, 0.4) is 0 Å². The van der Waals surface area contributed by atoms with Crippen LogP contribution in [0.2, 0.25) is 0 Å². The number of hydrogen-bond acceptors (Lipinski definition) is 3. The largest absolute Gasteiger partial charge is 0.364 e. The Balaban J connectivity index is 1.60. The molecular formula is C36H41N2O2+. The summed E-state index contributed by atoms with van der Waals surface area (Å²) in [6.07, 6.45) is 11.4. The van der Waals surface area contributed by atoms with Gasteiger partial charge >= 0.3 is 0 Å². The third-order valence-electron chi connectivity index (χ3n) is 8.96. The molecule has 0 aromatic heterocycles. The summed E-state index contributed by atoms with van der Waals surface area (Å²) in [7, 11) is 0. The molecule has 3 aromatic carbocycles. The maximum Gasteiger partial charge on any atom is 0.209 e. The first-order valence-electron chi connectivity index (χ1n) is 14.5. The van der Waals surface area contributed by atoms with E-state index in [1.165, 1.54) is 16.8 Å². The number of rotatable bonds is 10. The molecule has 0 fully saturated rings. The van der Waals surface area contributed by atoms with Crippen molar-refractivity contribution in [2.45, 2.75) is 70.3 Å². The highest BCUT2D eigenvalue weighted by Crippen LogP contribution is 2.45. The summed E-state index contributed by atoms with van der Waals surface area (Å²) in [5.41, 5.74) is 4.98. The fraction of sp³-hybridized carbons (Fsp3) is 0.361. The van der Waals surface area contributed by atoms with E-state index < -0.39 is 0 Å². The van der Waals surface area contributed by atoms with Crippen molar-refractivity contribution >= 4 is 29.2 Å². The van der Waals surface area contributed by atoms with Crippen LogP contribution >= 0.6 is 0 Å². The van der Waals surface area contributed by atoms with E-state index in [2.05, 4.69) is 92.8 Å². The summed E-state index contributed by atoms with van der Waals surface area (Å²) in [6, 6.07) is 16.8. The van der Waals surface area contributed by atoms with Crippen molar-refractivity contribution < 1.29 is 4.58 Å². The molecule has 2 aliphatic heterocycles. The number of anilines is 1. The average molecular weight is 534 g/mol. The van der Waals surface area contributed by atoms with E-state index in [4.69, 9.17) is 0 Å². The summed E-state index contributed by atoms with van der Waals surface area (Å²) in [5, 5.41) is 0.611. The third-order valence-corrected chi connectivity index (χ3v) is 8.96. The molecule has 206 valence electrons. The number of benzene rings is 2. The molecule has 1 unspecified atom stereocenters. The van der Waals surface area contributed by atoms with Gasteiger partial charge in [0.15, 0.2) is 5.71 Å². The maximum atomic E-state index is 13.6. The predicted molar refractivity (Wildman–Crippen MR) is 168 cm³/mol. The molecule has 4 heteroatoms. The second-order valence-electron chi connectivity index (χ2n) is 12.2. The normalized spacial score (nSPS) is 18.5. The average Bonchev–Trinajstić information content (AvgIpc) is 3.29. The van der Waals surface area contributed by atoms with Gasteiger partial charge in [-0.3, -0.25) is 9.59 Å². The number of hydrogen-bond donors (Lipinski definition) is 0. The van der Waals surface area contributed by atoms with Gasteiger partial charge in [-0.1, -0.05) is 62.4 Å². The van der Waals surface area contributed by atoms with E-state index >= 15 is 0 Å². The van der Waals surface area contributed by atoms with Gasteiger partial charge in [0.1, 0.15) is 6.54 Å². The van der Waals surface area contributed by atoms with Crippen LogP contribution in [-0.4, -0.2) is 29.4 Å². The maximum absolute atomic E-state index is 13.6. The number of nitrogens with zero attached hydrogens (tertiary/aromatic N) is 2. The van der Waals surface area contributed by atoms with Crippen LogP contribution < -0.4 is 26.2 Å². The van der Waals surface area contributed by atoms with Crippen LogP contribution in [0.5, 0.6) is 0 Å². The van der Waals surface area contributed by atoms with Crippen molar-refractivity contribution in [1.82, 2.24) is 0 Å². The van der Waals surface area contributed by atoms with Gasteiger partial charge in [-0.2, -0.15) is 4.58 Å². The summed E-state index contributed by atoms with van der Waals surface area (Å²) in [6.45, 7) is 18.2. The topological polar surface area (TPSA) is 40.4 Å². The van der Waals surface area contributed by atoms with Gasteiger partial charge in [-0.25, -0.2) is 0 Å².